The van der Waals surface area contributed by atoms with Crippen molar-refractivity contribution in [2.75, 3.05) is 6.26 Å². The monoisotopic (exact) mass is 537 g/mol. The van der Waals surface area contributed by atoms with E-state index in [1.165, 1.54) is 18.2 Å². The molecule has 38 heavy (non-hydrogen) atoms. The van der Waals surface area contributed by atoms with Gasteiger partial charge in [-0.25, -0.2) is 13.4 Å². The van der Waals surface area contributed by atoms with E-state index in [1.807, 2.05) is 44.2 Å². The maximum Gasteiger partial charge on any atom is 1.00 e. The van der Waals surface area contributed by atoms with Gasteiger partial charge in [0, 0.05) is 22.8 Å². The number of ether oxygens (including phenoxy) is 1. The Hall–Kier alpha value is -3.17. The minimum atomic E-state index is -3.32. The molecule has 0 saturated carbocycles. The molecule has 0 fully saturated rings. The first-order chi connectivity index (χ1) is 17.5. The van der Waals surface area contributed by atoms with Crippen molar-refractivity contribution in [3.63, 3.8) is 0 Å². The second kappa shape index (κ2) is 10.5. The second-order valence-electron chi connectivity index (χ2n) is 9.10. The zero-order valence-corrected chi connectivity index (χ0v) is 24.5. The second-order valence-corrected chi connectivity index (χ2v) is 11.1. The number of aryl methyl sites for hydroxylation is 2. The van der Waals surface area contributed by atoms with Crippen molar-refractivity contribution in [3.8, 4) is 17.2 Å². The van der Waals surface area contributed by atoms with E-state index in [-0.39, 0.29) is 40.0 Å². The van der Waals surface area contributed by atoms with Crippen LogP contribution < -0.4 is 39.4 Å². The van der Waals surface area contributed by atoms with Gasteiger partial charge in [0.25, 0.3) is 0 Å². The largest absolute Gasteiger partial charge is 1.00 e. The molecule has 9 heteroatoms. The van der Waals surface area contributed by atoms with Gasteiger partial charge in [-0.05, 0) is 62.2 Å². The van der Waals surface area contributed by atoms with Crippen LogP contribution in [0.25, 0.3) is 33.3 Å². The van der Waals surface area contributed by atoms with Gasteiger partial charge in [-0.3, -0.25) is 0 Å². The van der Waals surface area contributed by atoms with E-state index in [4.69, 9.17) is 14.1 Å². The van der Waals surface area contributed by atoms with E-state index >= 15 is 0 Å². The fourth-order valence-electron chi connectivity index (χ4n) is 4.48. The summed E-state index contributed by atoms with van der Waals surface area (Å²) in [7, 11) is -3.32. The van der Waals surface area contributed by atoms with E-state index < -0.39 is 21.9 Å². The summed E-state index contributed by atoms with van der Waals surface area (Å²) in [4.78, 5) is 17.3. The summed E-state index contributed by atoms with van der Waals surface area (Å²) in [5, 5.41) is 13.6. The molecule has 0 aliphatic rings. The van der Waals surface area contributed by atoms with Gasteiger partial charge in [0.05, 0.1) is 21.8 Å². The number of carbonyl (C=O) groups is 1. The minimum absolute atomic E-state index is 0. The van der Waals surface area contributed by atoms with Crippen LogP contribution in [-0.4, -0.2) is 25.6 Å². The Morgan fingerprint density at radius 2 is 1.71 bits per heavy atom. The number of carboxylic acid groups (broad SMARTS) is 1. The summed E-state index contributed by atoms with van der Waals surface area (Å²) in [6, 6.07) is 19.0. The van der Waals surface area contributed by atoms with Crippen molar-refractivity contribution < 1.29 is 57.0 Å². The van der Waals surface area contributed by atoms with Crippen LogP contribution >= 0.6 is 0 Å². The van der Waals surface area contributed by atoms with Crippen molar-refractivity contribution in [1.82, 2.24) is 4.98 Å². The average molecular weight is 538 g/mol. The van der Waals surface area contributed by atoms with E-state index in [0.717, 1.165) is 28.3 Å². The number of fused-ring (bicyclic) bond motifs is 2. The van der Waals surface area contributed by atoms with Gasteiger partial charge in [0.1, 0.15) is 23.1 Å². The summed E-state index contributed by atoms with van der Waals surface area (Å²) in [5.41, 5.74) is 3.86. The van der Waals surface area contributed by atoms with Crippen LogP contribution in [0.2, 0.25) is 0 Å². The van der Waals surface area contributed by atoms with Gasteiger partial charge in [-0.15, -0.1) is 0 Å². The van der Waals surface area contributed by atoms with Gasteiger partial charge >= 0.3 is 29.6 Å². The summed E-state index contributed by atoms with van der Waals surface area (Å²) in [6.45, 7) is 5.56. The van der Waals surface area contributed by atoms with Crippen molar-refractivity contribution in [1.29, 1.82) is 0 Å². The molecule has 7 nitrogen and oxygen atoms in total. The SMILES string of the molecule is Cc1c(-c2cc(C(=O)[O-])c3c(O[C@@H](C)c4ccc(S(C)(=O)=O)cc4)ccc(C)c3n2)oc2ccccc12.[Na+]. The quantitative estimate of drug-likeness (QED) is 0.306. The molecule has 3 aromatic carbocycles. The number of para-hydroxylation sites is 1. The van der Waals surface area contributed by atoms with Gasteiger partial charge in [-0.2, -0.15) is 0 Å². The number of benzene rings is 3. The number of carboxylic acids is 1. The van der Waals surface area contributed by atoms with Crippen LogP contribution in [0.5, 0.6) is 5.75 Å². The molecule has 5 rings (SSSR count). The Labute approximate surface area is 242 Å². The summed E-state index contributed by atoms with van der Waals surface area (Å²) < 4.78 is 35.8. The maximum atomic E-state index is 12.3. The number of rotatable bonds is 6. The van der Waals surface area contributed by atoms with Crippen LogP contribution in [-0.2, 0) is 9.84 Å². The fourth-order valence-corrected chi connectivity index (χ4v) is 5.11. The molecule has 0 bridgehead atoms. The molecule has 0 aliphatic heterocycles. The van der Waals surface area contributed by atoms with Gasteiger partial charge in [0.2, 0.25) is 0 Å². The maximum absolute atomic E-state index is 12.3. The minimum Gasteiger partial charge on any atom is -0.545 e. The van der Waals surface area contributed by atoms with Gasteiger partial charge < -0.3 is 19.1 Å². The molecule has 5 aromatic rings. The number of aromatic carboxylic acids is 1. The van der Waals surface area contributed by atoms with Crippen LogP contribution in [0, 0.1) is 13.8 Å². The van der Waals surface area contributed by atoms with Crippen LogP contribution in [0.3, 0.4) is 0 Å². The molecule has 1 atom stereocenters. The van der Waals surface area contributed by atoms with Crippen LogP contribution in [0.4, 0.5) is 0 Å². The molecule has 188 valence electrons. The Bertz CT molecular complexity index is 1790. The number of hydrogen-bond acceptors (Lipinski definition) is 7. The van der Waals surface area contributed by atoms with Gasteiger partial charge in [0.15, 0.2) is 15.6 Å². The first kappa shape index (κ1) is 27.9. The molecule has 0 unspecified atom stereocenters. The molecule has 0 amide bonds. The zero-order chi connectivity index (χ0) is 26.5. The number of furan rings is 1. The Kier molecular flexibility index (Phi) is 7.72. The smallest absolute Gasteiger partial charge is 0.545 e. The van der Waals surface area contributed by atoms with Crippen molar-refractivity contribution >= 4 is 37.7 Å². The van der Waals surface area contributed by atoms with Crippen molar-refractivity contribution in [2.45, 2.75) is 31.8 Å². The summed E-state index contributed by atoms with van der Waals surface area (Å²) >= 11 is 0. The molecule has 0 aliphatic carbocycles. The number of nitrogens with zero attached hydrogens (tertiary/aromatic N) is 1. The Morgan fingerprint density at radius 1 is 1.03 bits per heavy atom. The topological polar surface area (TPSA) is 110 Å². The molecule has 2 aromatic heterocycles. The predicted molar refractivity (Wildman–Crippen MR) is 139 cm³/mol. The predicted octanol–water partition coefficient (Wildman–Crippen LogP) is 2.18. The molecular weight excluding hydrogens is 513 g/mol. The first-order valence-electron chi connectivity index (χ1n) is 11.7. The van der Waals surface area contributed by atoms with Crippen molar-refractivity contribution in [2.24, 2.45) is 0 Å². The summed E-state index contributed by atoms with van der Waals surface area (Å²) in [5.74, 6) is -0.529. The van der Waals surface area contributed by atoms with Crippen LogP contribution in [0.15, 0.2) is 76.0 Å². The number of hydrogen-bond donors (Lipinski definition) is 0. The first-order valence-corrected chi connectivity index (χ1v) is 13.5. The van der Waals surface area contributed by atoms with E-state index in [2.05, 4.69) is 0 Å². The van der Waals surface area contributed by atoms with E-state index in [9.17, 15) is 18.3 Å². The third-order valence-electron chi connectivity index (χ3n) is 6.50. The third-order valence-corrected chi connectivity index (χ3v) is 7.63. The molecule has 0 saturated heterocycles. The van der Waals surface area contributed by atoms with E-state index in [1.54, 1.807) is 25.1 Å². The molecular formula is C29H24NNaO6S. The van der Waals surface area contributed by atoms with Gasteiger partial charge in [-0.1, -0.05) is 36.4 Å². The molecule has 2 heterocycles. The zero-order valence-electron chi connectivity index (χ0n) is 21.7. The fraction of sp³-hybridized carbons (Fsp3) is 0.172. The number of aromatic nitrogens is 1. The normalized spacial score (nSPS) is 12.3. The number of pyridine rings is 1. The molecule has 0 spiro atoms. The Morgan fingerprint density at radius 3 is 2.34 bits per heavy atom. The average Bonchev–Trinajstić information content (AvgIpc) is 3.21. The standard InChI is InChI=1S/C29H25NO6S.Na/c1-16-9-14-25(35-18(3)19-10-12-20(13-11-19)37(4,33)34)26-22(29(31)32)15-23(30-27(16)26)28-17(2)21-7-5-6-8-24(21)36-28;/h5-15,18H,1-4H3,(H,31,32);/q;+1/p-1/t18-;/m0./s1. The van der Waals surface area contributed by atoms with Crippen LogP contribution in [0.1, 0.15) is 40.1 Å². The van der Waals surface area contributed by atoms with E-state index in [0.29, 0.717) is 33.7 Å². The molecule has 0 radical (unpaired) electrons. The number of carbonyl (C=O) groups excluding carboxylic acids is 1. The molecule has 0 N–H and O–H groups in total. The summed E-state index contributed by atoms with van der Waals surface area (Å²) in [6.07, 6.45) is 0.655. The Balaban J connectivity index is 0.00000336. The number of sulfone groups is 1. The third kappa shape index (κ3) is 5.09. The van der Waals surface area contributed by atoms with Crippen molar-refractivity contribution in [3.05, 3.63) is 89.0 Å².